The van der Waals surface area contributed by atoms with E-state index < -0.39 is 61.3 Å². The minimum atomic E-state index is -2.27. The molecule has 1 fully saturated rings. The molecule has 0 N–H and O–H groups in total. The summed E-state index contributed by atoms with van der Waals surface area (Å²) in [6.07, 6.45) is -9.10. The van der Waals surface area contributed by atoms with Crippen molar-refractivity contribution in [1.29, 1.82) is 0 Å². The van der Waals surface area contributed by atoms with Crippen LogP contribution in [-0.2, 0) is 23.7 Å². The van der Waals surface area contributed by atoms with Gasteiger partial charge in [-0.2, -0.15) is 0 Å². The molecule has 9 nitrogen and oxygen atoms in total. The third-order valence-electron chi connectivity index (χ3n) is 6.70. The summed E-state index contributed by atoms with van der Waals surface area (Å²) in [4.78, 5) is 51.7. The lowest BCUT2D eigenvalue weighted by atomic mass is 9.99. The van der Waals surface area contributed by atoms with E-state index in [9.17, 15) is 19.2 Å². The summed E-state index contributed by atoms with van der Waals surface area (Å²) in [6, 6.07) is 31.5. The lowest BCUT2D eigenvalue weighted by Crippen LogP contribution is -2.60. The van der Waals surface area contributed by atoms with Crippen molar-refractivity contribution in [3.63, 3.8) is 0 Å². The van der Waals surface area contributed by atoms with Gasteiger partial charge in [0.25, 0.3) is 0 Å². The maximum Gasteiger partial charge on any atom is 0.340 e. The van der Waals surface area contributed by atoms with Crippen molar-refractivity contribution in [2.75, 3.05) is 6.61 Å². The van der Waals surface area contributed by atoms with Gasteiger partial charge in [0.1, 0.15) is 12.7 Å². The van der Waals surface area contributed by atoms with E-state index in [1.807, 2.05) is 0 Å². The van der Waals surface area contributed by atoms with Crippen molar-refractivity contribution in [3.8, 4) is 0 Å². The van der Waals surface area contributed by atoms with Crippen molar-refractivity contribution < 1.29 is 47.3 Å². The Morgan fingerprint density at radius 2 is 0.886 bits per heavy atom. The normalized spacial score (nSPS) is 21.0. The summed E-state index contributed by atoms with van der Waals surface area (Å²) in [5, 5.41) is 0. The topological polar surface area (TPSA) is 114 Å². The van der Waals surface area contributed by atoms with Gasteiger partial charge in [0, 0.05) is 0 Å². The first-order valence-electron chi connectivity index (χ1n) is 13.7. The van der Waals surface area contributed by atoms with Crippen molar-refractivity contribution in [2.45, 2.75) is 30.8 Å². The maximum absolute atomic E-state index is 16.5. The van der Waals surface area contributed by atoms with E-state index in [0.29, 0.717) is 0 Å². The highest BCUT2D eigenvalue weighted by molar-refractivity contribution is 5.91. The van der Waals surface area contributed by atoms with E-state index in [-0.39, 0.29) is 22.3 Å². The van der Waals surface area contributed by atoms with Crippen molar-refractivity contribution >= 4 is 23.9 Å². The molecule has 0 aliphatic carbocycles. The van der Waals surface area contributed by atoms with Gasteiger partial charge < -0.3 is 23.7 Å². The molecule has 5 atom stereocenters. The highest BCUT2D eigenvalue weighted by Crippen LogP contribution is 2.31. The van der Waals surface area contributed by atoms with Crippen LogP contribution in [0.3, 0.4) is 0 Å². The SMILES string of the molecule is O=C(OC[C@H]1O[C@@H](OC(=O)c2ccccc2)[C@H](OC(=O)c2ccccc2)[C@@H](F)[C@@H]1OC(=O)c1ccccc1)c1ccccc1. The highest BCUT2D eigenvalue weighted by atomic mass is 19.1. The minimum Gasteiger partial charge on any atom is -0.459 e. The highest BCUT2D eigenvalue weighted by Gasteiger charge is 2.53. The number of hydrogen-bond acceptors (Lipinski definition) is 9. The number of rotatable bonds is 9. The van der Waals surface area contributed by atoms with Crippen LogP contribution in [0.5, 0.6) is 0 Å². The Balaban J connectivity index is 1.44. The van der Waals surface area contributed by atoms with Crippen molar-refractivity contribution in [1.82, 2.24) is 0 Å². The summed E-state index contributed by atoms with van der Waals surface area (Å²) in [7, 11) is 0. The molecule has 0 amide bonds. The van der Waals surface area contributed by atoms with Gasteiger partial charge in [-0.3, -0.25) is 0 Å². The zero-order chi connectivity index (χ0) is 30.9. The monoisotopic (exact) mass is 598 g/mol. The van der Waals surface area contributed by atoms with E-state index in [1.54, 1.807) is 72.8 Å². The zero-order valence-electron chi connectivity index (χ0n) is 23.2. The molecule has 0 radical (unpaired) electrons. The molecular weight excluding hydrogens is 571 g/mol. The Hall–Kier alpha value is -5.35. The second-order valence-electron chi connectivity index (χ2n) is 9.70. The van der Waals surface area contributed by atoms with Crippen molar-refractivity contribution in [3.05, 3.63) is 144 Å². The Morgan fingerprint density at radius 3 is 1.32 bits per heavy atom. The minimum absolute atomic E-state index is 0.101. The van der Waals surface area contributed by atoms with Crippen molar-refractivity contribution in [2.24, 2.45) is 0 Å². The predicted octanol–water partition coefficient (Wildman–Crippen LogP) is 5.21. The van der Waals surface area contributed by atoms with E-state index in [1.165, 1.54) is 48.5 Å². The summed E-state index contributed by atoms with van der Waals surface area (Å²) >= 11 is 0. The number of alkyl halides is 1. The molecule has 0 bridgehead atoms. The fourth-order valence-electron chi connectivity index (χ4n) is 4.45. The van der Waals surface area contributed by atoms with E-state index in [0.717, 1.165) is 0 Å². The quantitative estimate of drug-likeness (QED) is 0.189. The summed E-state index contributed by atoms with van der Waals surface area (Å²) in [5.74, 6) is -3.45. The molecule has 1 aliphatic heterocycles. The number of carbonyl (C=O) groups is 4. The van der Waals surface area contributed by atoms with Gasteiger partial charge in [0.05, 0.1) is 22.3 Å². The van der Waals surface area contributed by atoms with Crippen LogP contribution in [0, 0.1) is 0 Å². The number of hydrogen-bond donors (Lipinski definition) is 0. The predicted molar refractivity (Wildman–Crippen MR) is 153 cm³/mol. The van der Waals surface area contributed by atoms with Gasteiger partial charge in [0.2, 0.25) is 6.29 Å². The Labute approximate surface area is 252 Å². The molecule has 4 aromatic carbocycles. The van der Waals surface area contributed by atoms with E-state index >= 15 is 4.39 Å². The first-order chi connectivity index (χ1) is 21.4. The van der Waals surface area contributed by atoms with Crippen LogP contribution in [0.4, 0.5) is 4.39 Å². The largest absolute Gasteiger partial charge is 0.459 e. The molecule has 5 rings (SSSR count). The second kappa shape index (κ2) is 14.2. The average molecular weight is 599 g/mol. The average Bonchev–Trinajstić information content (AvgIpc) is 3.08. The van der Waals surface area contributed by atoms with Crippen LogP contribution in [0.15, 0.2) is 121 Å². The van der Waals surface area contributed by atoms with Gasteiger partial charge in [-0.25, -0.2) is 23.6 Å². The smallest absolute Gasteiger partial charge is 0.340 e. The standard InChI is InChI=1S/C34H27FO9/c35-27-28(42-31(37)23-15-7-2-8-16-23)26(21-40-30(36)22-13-5-1-6-14-22)41-34(44-33(39)25-19-11-4-12-20-25)29(27)43-32(38)24-17-9-3-10-18-24/h1-20,26-29,34H,21H2/t26-,27+,28-,29-,34+/m1/s1. The molecular formula is C34H27FO9. The molecule has 224 valence electrons. The van der Waals surface area contributed by atoms with Crippen LogP contribution < -0.4 is 0 Å². The third kappa shape index (κ3) is 7.34. The lowest BCUT2D eigenvalue weighted by Gasteiger charge is -2.41. The molecule has 0 spiro atoms. The molecule has 0 aromatic heterocycles. The molecule has 44 heavy (non-hydrogen) atoms. The zero-order valence-corrected chi connectivity index (χ0v) is 23.2. The summed E-state index contributed by atoms with van der Waals surface area (Å²) in [5.41, 5.74) is 0.573. The van der Waals surface area contributed by atoms with Gasteiger partial charge in [-0.15, -0.1) is 0 Å². The first kappa shape index (κ1) is 30.1. The maximum atomic E-state index is 16.5. The van der Waals surface area contributed by atoms with Crippen LogP contribution in [0.1, 0.15) is 41.4 Å². The van der Waals surface area contributed by atoms with Gasteiger partial charge in [-0.05, 0) is 48.5 Å². The summed E-state index contributed by atoms with van der Waals surface area (Å²) < 4.78 is 44.3. The molecule has 0 unspecified atom stereocenters. The Bertz CT molecular complexity index is 1560. The molecule has 4 aromatic rings. The number of benzene rings is 4. The number of carbonyl (C=O) groups excluding carboxylic acids is 4. The fraction of sp³-hybridized carbons (Fsp3) is 0.176. The number of halogens is 1. The Morgan fingerprint density at radius 1 is 0.523 bits per heavy atom. The third-order valence-corrected chi connectivity index (χ3v) is 6.70. The molecule has 1 saturated heterocycles. The van der Waals surface area contributed by atoms with Crippen LogP contribution in [-0.4, -0.2) is 61.3 Å². The number of esters is 4. The van der Waals surface area contributed by atoms with Crippen LogP contribution in [0.2, 0.25) is 0 Å². The van der Waals surface area contributed by atoms with Gasteiger partial charge in [0.15, 0.2) is 18.4 Å². The first-order valence-corrected chi connectivity index (χ1v) is 13.7. The molecule has 1 aliphatic rings. The number of ether oxygens (including phenoxy) is 5. The fourth-order valence-corrected chi connectivity index (χ4v) is 4.45. The molecule has 1 heterocycles. The van der Waals surface area contributed by atoms with E-state index in [2.05, 4.69) is 0 Å². The Kier molecular flexibility index (Phi) is 9.73. The molecule has 10 heteroatoms. The van der Waals surface area contributed by atoms with Crippen LogP contribution in [0.25, 0.3) is 0 Å². The summed E-state index contributed by atoms with van der Waals surface area (Å²) in [6.45, 7) is -0.584. The molecule has 0 saturated carbocycles. The lowest BCUT2D eigenvalue weighted by molar-refractivity contribution is -0.272. The second-order valence-corrected chi connectivity index (χ2v) is 9.70. The van der Waals surface area contributed by atoms with Crippen LogP contribution >= 0.6 is 0 Å². The van der Waals surface area contributed by atoms with Gasteiger partial charge >= 0.3 is 23.9 Å². The van der Waals surface area contributed by atoms with E-state index in [4.69, 9.17) is 23.7 Å². The van der Waals surface area contributed by atoms with Gasteiger partial charge in [-0.1, -0.05) is 72.8 Å².